The molecule has 0 aromatic rings. The summed E-state index contributed by atoms with van der Waals surface area (Å²) in [6.07, 6.45) is 0.522. The number of hydrogen-bond acceptors (Lipinski definition) is 3. The van der Waals surface area contributed by atoms with E-state index in [-0.39, 0.29) is 17.7 Å². The van der Waals surface area contributed by atoms with E-state index in [4.69, 9.17) is 4.74 Å². The zero-order valence-corrected chi connectivity index (χ0v) is 13.2. The van der Waals surface area contributed by atoms with Crippen LogP contribution in [0.5, 0.6) is 0 Å². The van der Waals surface area contributed by atoms with E-state index in [2.05, 4.69) is 38.3 Å². The van der Waals surface area contributed by atoms with Crippen LogP contribution in [0.4, 0.5) is 4.79 Å². The van der Waals surface area contributed by atoms with Crippen molar-refractivity contribution in [1.82, 2.24) is 10.6 Å². The van der Waals surface area contributed by atoms with Gasteiger partial charge in [0.05, 0.1) is 0 Å². The highest BCUT2D eigenvalue weighted by Gasteiger charge is 2.26. The van der Waals surface area contributed by atoms with Gasteiger partial charge in [-0.3, -0.25) is 0 Å². The van der Waals surface area contributed by atoms with Crippen molar-refractivity contribution in [3.8, 4) is 0 Å². The Hall–Kier alpha value is -0.770. The molecule has 0 heterocycles. The fourth-order valence-corrected chi connectivity index (χ4v) is 1.56. The van der Waals surface area contributed by atoms with Crippen LogP contribution < -0.4 is 10.6 Å². The maximum absolute atomic E-state index is 11.8. The second kappa shape index (κ2) is 6.41. The molecule has 0 aromatic carbocycles. The molecule has 0 bridgehead atoms. The number of ether oxygens (including phenoxy) is 1. The lowest BCUT2D eigenvalue weighted by atomic mass is 9.89. The van der Waals surface area contributed by atoms with Gasteiger partial charge in [-0.15, -0.1) is 0 Å². The molecule has 108 valence electrons. The molecule has 4 heteroatoms. The van der Waals surface area contributed by atoms with Crippen molar-refractivity contribution in [2.75, 3.05) is 7.05 Å². The van der Waals surface area contributed by atoms with E-state index in [9.17, 15) is 4.79 Å². The highest BCUT2D eigenvalue weighted by atomic mass is 16.6. The third-order valence-corrected chi connectivity index (χ3v) is 2.91. The van der Waals surface area contributed by atoms with Crippen LogP contribution in [0, 0.1) is 5.92 Å². The third-order valence-electron chi connectivity index (χ3n) is 2.91. The van der Waals surface area contributed by atoms with Crippen molar-refractivity contribution >= 4 is 6.09 Å². The monoisotopic (exact) mass is 258 g/mol. The molecule has 0 aliphatic rings. The van der Waals surface area contributed by atoms with Gasteiger partial charge < -0.3 is 15.4 Å². The molecular weight excluding hydrogens is 228 g/mol. The summed E-state index contributed by atoms with van der Waals surface area (Å²) < 4.78 is 5.30. The molecule has 4 nitrogen and oxygen atoms in total. The molecule has 0 aliphatic carbocycles. The normalized spacial score (nSPS) is 14.5. The van der Waals surface area contributed by atoms with Gasteiger partial charge in [-0.05, 0) is 54.0 Å². The summed E-state index contributed by atoms with van der Waals surface area (Å²) in [7, 11) is 1.94. The number of carbonyl (C=O) groups excluding carboxylic acids is 1. The predicted octanol–water partition coefficient (Wildman–Crippen LogP) is 2.92. The van der Waals surface area contributed by atoms with E-state index in [0.29, 0.717) is 5.92 Å². The van der Waals surface area contributed by atoms with Gasteiger partial charge in [0.2, 0.25) is 0 Å². The Kier molecular flexibility index (Phi) is 6.14. The first-order valence-electron chi connectivity index (χ1n) is 6.65. The summed E-state index contributed by atoms with van der Waals surface area (Å²) in [5.74, 6) is 0.366. The van der Waals surface area contributed by atoms with E-state index in [0.717, 1.165) is 6.42 Å². The van der Waals surface area contributed by atoms with Crippen LogP contribution in [0.15, 0.2) is 0 Å². The summed E-state index contributed by atoms with van der Waals surface area (Å²) in [5.41, 5.74) is -0.464. The molecule has 0 saturated heterocycles. The quantitative estimate of drug-likeness (QED) is 0.797. The third kappa shape index (κ3) is 7.54. The smallest absolute Gasteiger partial charge is 0.407 e. The van der Waals surface area contributed by atoms with Crippen molar-refractivity contribution < 1.29 is 9.53 Å². The Balaban J connectivity index is 4.51. The Bertz CT molecular complexity index is 267. The number of amides is 1. The second-order valence-electron chi connectivity index (χ2n) is 6.83. The van der Waals surface area contributed by atoms with E-state index >= 15 is 0 Å². The number of hydrogen-bond donors (Lipinski definition) is 2. The second-order valence-corrected chi connectivity index (χ2v) is 6.83. The number of alkyl carbamates (subject to hydrolysis) is 1. The SMILES string of the molecule is CNC(C)(C)CC(NC(=O)OC(C)(C)C)C(C)C. The van der Waals surface area contributed by atoms with Crippen LogP contribution in [-0.2, 0) is 4.74 Å². The van der Waals surface area contributed by atoms with Gasteiger partial charge in [0.1, 0.15) is 5.60 Å². The van der Waals surface area contributed by atoms with Crippen molar-refractivity contribution in [2.45, 2.75) is 72.1 Å². The molecule has 0 aliphatic heterocycles. The van der Waals surface area contributed by atoms with Crippen molar-refractivity contribution in [1.29, 1.82) is 0 Å². The molecule has 0 radical (unpaired) electrons. The summed E-state index contributed by atoms with van der Waals surface area (Å²) in [5, 5.41) is 6.22. The molecule has 0 spiro atoms. The fourth-order valence-electron chi connectivity index (χ4n) is 1.56. The van der Waals surface area contributed by atoms with Crippen LogP contribution in [0.25, 0.3) is 0 Å². The first-order chi connectivity index (χ1) is 7.97. The number of rotatable bonds is 5. The van der Waals surface area contributed by atoms with Gasteiger partial charge in [0, 0.05) is 11.6 Å². The highest BCUT2D eigenvalue weighted by Crippen LogP contribution is 2.17. The minimum Gasteiger partial charge on any atom is -0.444 e. The van der Waals surface area contributed by atoms with E-state index < -0.39 is 5.60 Å². The van der Waals surface area contributed by atoms with Crippen molar-refractivity contribution in [3.63, 3.8) is 0 Å². The molecule has 1 atom stereocenters. The van der Waals surface area contributed by atoms with E-state index in [1.807, 2.05) is 27.8 Å². The average Bonchev–Trinajstić information content (AvgIpc) is 2.13. The molecule has 18 heavy (non-hydrogen) atoms. The highest BCUT2D eigenvalue weighted by molar-refractivity contribution is 5.68. The fraction of sp³-hybridized carbons (Fsp3) is 0.929. The lowest BCUT2D eigenvalue weighted by Gasteiger charge is -2.32. The maximum atomic E-state index is 11.8. The summed E-state index contributed by atoms with van der Waals surface area (Å²) in [6, 6.07) is 0.0994. The first kappa shape index (κ1) is 17.2. The van der Waals surface area contributed by atoms with Crippen LogP contribution >= 0.6 is 0 Å². The minimum atomic E-state index is -0.454. The Morgan fingerprint density at radius 1 is 1.17 bits per heavy atom. The Morgan fingerprint density at radius 2 is 1.67 bits per heavy atom. The topological polar surface area (TPSA) is 50.4 Å². The van der Waals surface area contributed by atoms with Crippen LogP contribution in [0.1, 0.15) is 54.9 Å². The number of carbonyl (C=O) groups is 1. The molecule has 0 aromatic heterocycles. The minimum absolute atomic E-state index is 0.00997. The van der Waals surface area contributed by atoms with Gasteiger partial charge in [-0.2, -0.15) is 0 Å². The van der Waals surface area contributed by atoms with E-state index in [1.54, 1.807) is 0 Å². The Morgan fingerprint density at radius 3 is 2.00 bits per heavy atom. The Labute approximate surface area is 112 Å². The van der Waals surface area contributed by atoms with Gasteiger partial charge >= 0.3 is 6.09 Å². The molecule has 0 saturated carbocycles. The first-order valence-corrected chi connectivity index (χ1v) is 6.65. The lowest BCUT2D eigenvalue weighted by molar-refractivity contribution is 0.0479. The molecule has 1 amide bonds. The average molecular weight is 258 g/mol. The van der Waals surface area contributed by atoms with Crippen LogP contribution in [0.3, 0.4) is 0 Å². The van der Waals surface area contributed by atoms with Gasteiger partial charge in [0.15, 0.2) is 0 Å². The summed E-state index contributed by atoms with van der Waals surface area (Å²) in [6.45, 7) is 14.1. The van der Waals surface area contributed by atoms with Crippen molar-refractivity contribution in [2.24, 2.45) is 5.92 Å². The van der Waals surface area contributed by atoms with Gasteiger partial charge in [-0.25, -0.2) is 4.79 Å². The summed E-state index contributed by atoms with van der Waals surface area (Å²) in [4.78, 5) is 11.8. The molecular formula is C14H30N2O2. The van der Waals surface area contributed by atoms with Crippen LogP contribution in [0.2, 0.25) is 0 Å². The summed E-state index contributed by atoms with van der Waals surface area (Å²) >= 11 is 0. The van der Waals surface area contributed by atoms with Gasteiger partial charge in [-0.1, -0.05) is 13.8 Å². The zero-order valence-electron chi connectivity index (χ0n) is 13.2. The maximum Gasteiger partial charge on any atom is 0.407 e. The zero-order chi connectivity index (χ0) is 14.6. The molecule has 0 fully saturated rings. The molecule has 1 unspecified atom stereocenters. The largest absolute Gasteiger partial charge is 0.444 e. The predicted molar refractivity (Wildman–Crippen MR) is 75.8 cm³/mol. The lowest BCUT2D eigenvalue weighted by Crippen LogP contribution is -2.48. The van der Waals surface area contributed by atoms with Crippen LogP contribution in [-0.4, -0.2) is 30.3 Å². The van der Waals surface area contributed by atoms with Gasteiger partial charge in [0.25, 0.3) is 0 Å². The molecule has 0 rings (SSSR count). The van der Waals surface area contributed by atoms with E-state index in [1.165, 1.54) is 0 Å². The standard InChI is InChI=1S/C14H30N2O2/c1-10(2)11(9-14(6,7)15-8)16-12(17)18-13(3,4)5/h10-11,15H,9H2,1-8H3,(H,16,17). The number of nitrogens with one attached hydrogen (secondary N) is 2. The van der Waals surface area contributed by atoms with Crippen molar-refractivity contribution in [3.05, 3.63) is 0 Å². The molecule has 2 N–H and O–H groups in total.